The largest absolute Gasteiger partial charge is 0.416 e. The summed E-state index contributed by atoms with van der Waals surface area (Å²) in [5.74, 6) is -0.129. The average molecular weight is 549 g/mol. The third kappa shape index (κ3) is 6.73. The molecule has 2 aromatic carbocycles. The van der Waals surface area contributed by atoms with Crippen LogP contribution in [-0.2, 0) is 17.5 Å². The van der Waals surface area contributed by atoms with Crippen molar-refractivity contribution >= 4 is 23.4 Å². The minimum absolute atomic E-state index is 0.0410. The number of carbonyl (C=O) groups excluding carboxylic acids is 1. The second kappa shape index (κ2) is 12.3. The summed E-state index contributed by atoms with van der Waals surface area (Å²) in [6.45, 7) is 2.11. The van der Waals surface area contributed by atoms with E-state index in [1.165, 1.54) is 37.8 Å². The molecule has 1 N–H and O–H groups in total. The molecule has 3 aromatic rings. The highest BCUT2D eigenvalue weighted by atomic mass is 19.4. The number of alkyl halides is 3. The summed E-state index contributed by atoms with van der Waals surface area (Å²) in [6.07, 6.45) is 6.64. The van der Waals surface area contributed by atoms with Gasteiger partial charge in [-0.25, -0.2) is 0 Å². The van der Waals surface area contributed by atoms with Gasteiger partial charge in [0.25, 0.3) is 0 Å². The number of likely N-dealkylation sites (tertiary alicyclic amines) is 1. The Morgan fingerprint density at radius 2 is 1.62 bits per heavy atom. The number of anilines is 2. The van der Waals surface area contributed by atoms with E-state index >= 15 is 0 Å². The zero-order valence-electron chi connectivity index (χ0n) is 22.7. The van der Waals surface area contributed by atoms with Gasteiger partial charge in [0.2, 0.25) is 5.91 Å². The predicted octanol–water partition coefficient (Wildman–Crippen LogP) is 6.83. The van der Waals surface area contributed by atoms with E-state index in [2.05, 4.69) is 20.1 Å². The van der Waals surface area contributed by atoms with Crippen molar-refractivity contribution in [1.29, 1.82) is 0 Å². The zero-order chi connectivity index (χ0) is 28.1. The first-order chi connectivity index (χ1) is 19.3. The molecule has 2 fully saturated rings. The Morgan fingerprint density at radius 3 is 2.27 bits per heavy atom. The number of benzene rings is 2. The van der Waals surface area contributed by atoms with Crippen molar-refractivity contribution < 1.29 is 18.0 Å². The maximum Gasteiger partial charge on any atom is 0.416 e. The van der Waals surface area contributed by atoms with Crippen LogP contribution in [0, 0.1) is 5.92 Å². The van der Waals surface area contributed by atoms with Crippen LogP contribution in [0.2, 0.25) is 0 Å². The van der Waals surface area contributed by atoms with E-state index in [-0.39, 0.29) is 11.8 Å². The van der Waals surface area contributed by atoms with E-state index in [9.17, 15) is 18.0 Å². The van der Waals surface area contributed by atoms with Crippen LogP contribution in [0.15, 0.2) is 78.6 Å². The Bertz CT molecular complexity index is 1300. The molecule has 1 atom stereocenters. The maximum atomic E-state index is 13.5. The molecule has 210 valence electrons. The predicted molar refractivity (Wildman–Crippen MR) is 152 cm³/mol. The molecule has 1 amide bonds. The average Bonchev–Trinajstić information content (AvgIpc) is 3.68. The number of amides is 1. The molecular weight excluding hydrogens is 513 g/mol. The van der Waals surface area contributed by atoms with Gasteiger partial charge >= 0.3 is 6.18 Å². The van der Waals surface area contributed by atoms with Gasteiger partial charge in [-0.15, -0.1) is 0 Å². The monoisotopic (exact) mass is 548 g/mol. The van der Waals surface area contributed by atoms with Gasteiger partial charge in [-0.05, 0) is 79.4 Å². The van der Waals surface area contributed by atoms with Crippen molar-refractivity contribution in [3.63, 3.8) is 0 Å². The van der Waals surface area contributed by atoms with Crippen molar-refractivity contribution in [2.24, 2.45) is 5.92 Å². The highest BCUT2D eigenvalue weighted by Crippen LogP contribution is 2.33. The molecule has 1 aliphatic carbocycles. The van der Waals surface area contributed by atoms with Gasteiger partial charge in [-0.1, -0.05) is 37.1 Å². The van der Waals surface area contributed by atoms with Crippen LogP contribution in [0.5, 0.6) is 0 Å². The lowest BCUT2D eigenvalue weighted by atomic mass is 9.94. The van der Waals surface area contributed by atoms with E-state index < -0.39 is 11.7 Å². The minimum atomic E-state index is -4.39. The summed E-state index contributed by atoms with van der Waals surface area (Å²) in [6, 6.07) is 17.5. The normalized spacial score (nSPS) is 18.7. The Kier molecular flexibility index (Phi) is 8.54. The van der Waals surface area contributed by atoms with Crippen LogP contribution in [0.4, 0.5) is 24.5 Å². The van der Waals surface area contributed by atoms with Crippen molar-refractivity contribution in [2.45, 2.75) is 50.9 Å². The number of carbonyl (C=O) groups is 1. The highest BCUT2D eigenvalue weighted by Gasteiger charge is 2.34. The molecule has 1 saturated heterocycles. The number of rotatable bonds is 8. The molecule has 2 heterocycles. The lowest BCUT2D eigenvalue weighted by Gasteiger charge is -2.24. The number of hydrogen-bond donors (Lipinski definition) is 1. The fourth-order valence-corrected chi connectivity index (χ4v) is 5.80. The maximum absolute atomic E-state index is 13.5. The van der Waals surface area contributed by atoms with Crippen LogP contribution in [0.25, 0.3) is 6.08 Å². The molecular formula is C32H35F3N4O. The molecule has 0 radical (unpaired) electrons. The number of hydrogen-bond acceptors (Lipinski definition) is 4. The van der Waals surface area contributed by atoms with Gasteiger partial charge < -0.3 is 10.2 Å². The van der Waals surface area contributed by atoms with Crippen molar-refractivity contribution in [3.05, 3.63) is 95.3 Å². The Labute approximate surface area is 233 Å². The van der Waals surface area contributed by atoms with E-state index in [0.717, 1.165) is 48.6 Å². The topological polar surface area (TPSA) is 48.5 Å². The van der Waals surface area contributed by atoms with Gasteiger partial charge in [0.1, 0.15) is 0 Å². The molecule has 1 aliphatic heterocycles. The van der Waals surface area contributed by atoms with Crippen LogP contribution in [-0.4, -0.2) is 42.0 Å². The molecule has 0 unspecified atom stereocenters. The van der Waals surface area contributed by atoms with Gasteiger partial charge in [0, 0.05) is 61.4 Å². The first-order valence-electron chi connectivity index (χ1n) is 13.9. The summed E-state index contributed by atoms with van der Waals surface area (Å²) in [7, 11) is 1.99. The highest BCUT2D eigenvalue weighted by molar-refractivity contribution is 5.98. The fraction of sp³-hybridized carbons (Fsp3) is 0.375. The lowest BCUT2D eigenvalue weighted by molar-refractivity contribution is -0.137. The molecule has 1 saturated carbocycles. The second-order valence-electron chi connectivity index (χ2n) is 10.8. The Morgan fingerprint density at radius 1 is 0.975 bits per heavy atom. The lowest BCUT2D eigenvalue weighted by Crippen LogP contribution is -2.33. The smallest absolute Gasteiger partial charge is 0.348 e. The van der Waals surface area contributed by atoms with Crippen molar-refractivity contribution in [2.75, 3.05) is 25.0 Å². The number of halogens is 3. The number of aromatic nitrogens is 1. The molecule has 40 heavy (non-hydrogen) atoms. The molecule has 8 heteroatoms. The Balaban J connectivity index is 1.29. The first-order valence-corrected chi connectivity index (χ1v) is 13.9. The summed E-state index contributed by atoms with van der Waals surface area (Å²) in [5, 5.41) is 3.07. The standard InChI is InChI=1S/C32H35F3N4O/c1-38(28-14-17-36-18-15-28)27-12-8-24(9-13-27)21-37-31(40)30(20-23-6-10-26(11-7-23)32(33,34)35)25-16-19-39(22-25)29-4-2-3-5-29/h6-15,17-18,20,25,29H,2-5,16,19,21-22H2,1H3,(H,37,40)/t25-/m0/s1. The summed E-state index contributed by atoms with van der Waals surface area (Å²) >= 11 is 0. The van der Waals surface area contributed by atoms with Crippen LogP contribution in [0.3, 0.4) is 0 Å². The molecule has 2 aliphatic rings. The number of nitrogens with zero attached hydrogens (tertiary/aromatic N) is 3. The quantitative estimate of drug-likeness (QED) is 0.314. The fourth-order valence-electron chi connectivity index (χ4n) is 5.80. The Hall–Kier alpha value is -3.65. The second-order valence-corrected chi connectivity index (χ2v) is 10.8. The third-order valence-corrected chi connectivity index (χ3v) is 8.15. The van der Waals surface area contributed by atoms with Gasteiger partial charge in [-0.2, -0.15) is 13.2 Å². The first kappa shape index (κ1) is 27.9. The van der Waals surface area contributed by atoms with Crippen molar-refractivity contribution in [3.8, 4) is 0 Å². The van der Waals surface area contributed by atoms with Crippen LogP contribution >= 0.6 is 0 Å². The van der Waals surface area contributed by atoms with Crippen molar-refractivity contribution in [1.82, 2.24) is 15.2 Å². The zero-order valence-corrected chi connectivity index (χ0v) is 22.7. The molecule has 5 rings (SSSR count). The number of nitrogens with one attached hydrogen (secondary N) is 1. The van der Waals surface area contributed by atoms with Crippen LogP contribution < -0.4 is 10.2 Å². The molecule has 1 aromatic heterocycles. The molecule has 0 spiro atoms. The minimum Gasteiger partial charge on any atom is -0.348 e. The van der Waals surface area contributed by atoms with E-state index in [0.29, 0.717) is 23.7 Å². The van der Waals surface area contributed by atoms with Gasteiger partial charge in [0.05, 0.1) is 5.56 Å². The SMILES string of the molecule is CN(c1ccncc1)c1ccc(CNC(=O)C(=Cc2ccc(C(F)(F)F)cc2)[C@H]2CCN(C3CCCC3)C2)cc1. The van der Waals surface area contributed by atoms with E-state index in [1.807, 2.05) is 43.4 Å². The summed E-state index contributed by atoms with van der Waals surface area (Å²) in [5.41, 5.74) is 3.55. The van der Waals surface area contributed by atoms with Crippen LogP contribution in [0.1, 0.15) is 48.8 Å². The van der Waals surface area contributed by atoms with E-state index in [1.54, 1.807) is 18.5 Å². The number of pyridine rings is 1. The van der Waals surface area contributed by atoms with Gasteiger partial charge in [-0.3, -0.25) is 14.7 Å². The molecule has 0 bridgehead atoms. The third-order valence-electron chi connectivity index (χ3n) is 8.15. The molecule has 5 nitrogen and oxygen atoms in total. The van der Waals surface area contributed by atoms with E-state index in [4.69, 9.17) is 0 Å². The summed E-state index contributed by atoms with van der Waals surface area (Å²) in [4.78, 5) is 22.1. The van der Waals surface area contributed by atoms with Gasteiger partial charge in [0.15, 0.2) is 0 Å². The summed E-state index contributed by atoms with van der Waals surface area (Å²) < 4.78 is 39.2.